The Kier molecular flexibility index (Phi) is 8.71. The Bertz CT molecular complexity index is 755. The van der Waals surface area contributed by atoms with E-state index in [0.29, 0.717) is 66.5 Å². The molecule has 0 bridgehead atoms. The molecule has 1 amide bonds. The maximum absolute atomic E-state index is 12.2. The van der Waals surface area contributed by atoms with Gasteiger partial charge in [0.1, 0.15) is 0 Å². The third-order valence-electron chi connectivity index (χ3n) is 12.2. The maximum atomic E-state index is 12.2. The van der Waals surface area contributed by atoms with E-state index in [1.165, 1.54) is 25.7 Å². The second-order valence-corrected chi connectivity index (χ2v) is 13.5. The van der Waals surface area contributed by atoms with Crippen LogP contribution in [0.25, 0.3) is 0 Å². The number of carbonyl (C=O) groups excluding carboxylic acids is 1. The van der Waals surface area contributed by atoms with Crippen LogP contribution in [-0.2, 0) is 4.74 Å². The lowest BCUT2D eigenvalue weighted by molar-refractivity contribution is -0.203. The topological polar surface area (TPSA) is 70.0 Å². The predicted octanol–water partition coefficient (Wildman–Crippen LogP) is 6.51. The largest absolute Gasteiger partial charge is 0.449 e. The van der Waals surface area contributed by atoms with E-state index in [2.05, 4.69) is 27.7 Å². The van der Waals surface area contributed by atoms with Crippen LogP contribution < -0.4 is 0 Å². The molecule has 0 aromatic rings. The minimum atomic E-state index is -0.221. The first-order chi connectivity index (χ1) is 17.1. The summed E-state index contributed by atoms with van der Waals surface area (Å²) in [5.41, 5.74) is 0.568. The Balaban J connectivity index is 1.42. The fourth-order valence-corrected chi connectivity index (χ4v) is 10.3. The minimum Gasteiger partial charge on any atom is -0.449 e. The number of aliphatic hydroxyl groups is 2. The van der Waals surface area contributed by atoms with Gasteiger partial charge in [-0.25, -0.2) is 4.79 Å². The molecule has 0 saturated heterocycles. The van der Waals surface area contributed by atoms with Crippen LogP contribution in [0.2, 0.25) is 0 Å². The van der Waals surface area contributed by atoms with E-state index in [0.717, 1.165) is 38.5 Å². The van der Waals surface area contributed by atoms with Gasteiger partial charge in [0.2, 0.25) is 0 Å². The van der Waals surface area contributed by atoms with Crippen molar-refractivity contribution >= 4 is 6.09 Å². The molecule has 0 aromatic heterocycles. The Morgan fingerprint density at radius 1 is 0.972 bits per heavy atom. The minimum absolute atomic E-state index is 0.183. The van der Waals surface area contributed by atoms with E-state index in [1.807, 2.05) is 13.8 Å². The van der Waals surface area contributed by atoms with Gasteiger partial charge in [-0.15, -0.1) is 0 Å². The molecule has 4 saturated carbocycles. The van der Waals surface area contributed by atoms with Crippen molar-refractivity contribution < 1.29 is 19.7 Å². The predicted molar refractivity (Wildman–Crippen MR) is 144 cm³/mol. The lowest BCUT2D eigenvalue weighted by Gasteiger charge is -2.64. The first kappa shape index (κ1) is 28.2. The smallest absolute Gasteiger partial charge is 0.409 e. The average molecular weight is 506 g/mol. The SMILES string of the molecule is CC[C@H]1[C@@H](O)[C@@H]2[C@H](CC[C@]3(C)C([C@H](C)CCCOC(=O)N(CC)CC)CC[C@@H]23)[C@@]2(C)CC[C@@H](O)C[C@@H]12. The van der Waals surface area contributed by atoms with Gasteiger partial charge in [-0.05, 0) is 124 Å². The van der Waals surface area contributed by atoms with E-state index in [-0.39, 0.29) is 23.7 Å². The highest BCUT2D eigenvalue weighted by molar-refractivity contribution is 5.67. The fraction of sp³-hybridized carbons (Fsp3) is 0.968. The van der Waals surface area contributed by atoms with Crippen LogP contribution >= 0.6 is 0 Å². The van der Waals surface area contributed by atoms with Crippen molar-refractivity contribution in [3.63, 3.8) is 0 Å². The number of fused-ring (bicyclic) bond motifs is 5. The summed E-state index contributed by atoms with van der Waals surface area (Å²) in [5, 5.41) is 22.4. The van der Waals surface area contributed by atoms with Crippen molar-refractivity contribution in [3.05, 3.63) is 0 Å². The Morgan fingerprint density at radius 2 is 1.64 bits per heavy atom. The quantitative estimate of drug-likeness (QED) is 0.369. The van der Waals surface area contributed by atoms with E-state index in [9.17, 15) is 15.0 Å². The van der Waals surface area contributed by atoms with Crippen molar-refractivity contribution in [2.75, 3.05) is 19.7 Å². The molecule has 208 valence electrons. The summed E-state index contributed by atoms with van der Waals surface area (Å²) in [7, 11) is 0. The molecule has 5 nitrogen and oxygen atoms in total. The van der Waals surface area contributed by atoms with Crippen LogP contribution in [0, 0.1) is 52.3 Å². The molecule has 4 rings (SSSR count). The first-order valence-electron chi connectivity index (χ1n) is 15.4. The lowest BCUT2D eigenvalue weighted by Crippen LogP contribution is -2.62. The van der Waals surface area contributed by atoms with Crippen molar-refractivity contribution in [2.24, 2.45) is 52.3 Å². The summed E-state index contributed by atoms with van der Waals surface area (Å²) in [4.78, 5) is 13.9. The molecule has 0 aromatic carbocycles. The van der Waals surface area contributed by atoms with Crippen LogP contribution in [0.5, 0.6) is 0 Å². The van der Waals surface area contributed by atoms with Gasteiger partial charge in [-0.3, -0.25) is 0 Å². The highest BCUT2D eigenvalue weighted by atomic mass is 16.6. The molecule has 1 unspecified atom stereocenters. The molecule has 0 spiro atoms. The molecule has 0 heterocycles. The normalized spacial score (nSPS) is 44.8. The molecule has 5 heteroatoms. The van der Waals surface area contributed by atoms with Gasteiger partial charge in [-0.1, -0.05) is 34.1 Å². The first-order valence-corrected chi connectivity index (χ1v) is 15.4. The molecule has 4 aliphatic carbocycles. The Labute approximate surface area is 220 Å². The van der Waals surface area contributed by atoms with Gasteiger partial charge >= 0.3 is 6.09 Å². The van der Waals surface area contributed by atoms with Crippen molar-refractivity contribution in [3.8, 4) is 0 Å². The van der Waals surface area contributed by atoms with Gasteiger partial charge in [-0.2, -0.15) is 0 Å². The van der Waals surface area contributed by atoms with E-state index in [4.69, 9.17) is 4.74 Å². The van der Waals surface area contributed by atoms with Crippen molar-refractivity contribution in [1.29, 1.82) is 0 Å². The highest BCUT2D eigenvalue weighted by Gasteiger charge is 2.64. The van der Waals surface area contributed by atoms with Crippen molar-refractivity contribution in [1.82, 2.24) is 4.90 Å². The lowest BCUT2D eigenvalue weighted by atomic mass is 9.41. The van der Waals surface area contributed by atoms with Crippen molar-refractivity contribution in [2.45, 2.75) is 118 Å². The number of carbonyl (C=O) groups is 1. The number of hydrogen-bond acceptors (Lipinski definition) is 4. The van der Waals surface area contributed by atoms with Crippen LogP contribution in [-0.4, -0.2) is 53.1 Å². The second kappa shape index (κ2) is 11.1. The van der Waals surface area contributed by atoms with Gasteiger partial charge in [0.15, 0.2) is 0 Å². The molecule has 4 aliphatic rings. The van der Waals surface area contributed by atoms with Crippen LogP contribution in [0.1, 0.15) is 106 Å². The molecule has 0 radical (unpaired) electrons. The number of ether oxygens (including phenoxy) is 1. The Hall–Kier alpha value is -0.810. The zero-order valence-corrected chi connectivity index (χ0v) is 24.0. The zero-order valence-electron chi connectivity index (χ0n) is 24.0. The summed E-state index contributed by atoms with van der Waals surface area (Å²) < 4.78 is 5.54. The third kappa shape index (κ3) is 4.74. The molecule has 11 atom stereocenters. The zero-order chi connectivity index (χ0) is 26.3. The number of rotatable bonds is 8. The molecule has 0 aliphatic heterocycles. The standard InChI is InChI=1S/C31H55NO4/c1-7-22-26-19-21(33)14-16-31(26,6)25-15-17-30(5)23(12-13-24(30)27(25)28(22)34)20(4)11-10-18-36-29(35)32(8-2)9-3/h20-28,33-34H,7-19H2,1-6H3/t20-,21-,22-,23?,24+,25+,26+,27+,28-,30-,31-/m1/s1. The van der Waals surface area contributed by atoms with Gasteiger partial charge in [0.05, 0.1) is 18.8 Å². The summed E-state index contributed by atoms with van der Waals surface area (Å²) in [6.45, 7) is 15.6. The summed E-state index contributed by atoms with van der Waals surface area (Å²) in [6.07, 6.45) is 10.4. The maximum Gasteiger partial charge on any atom is 0.409 e. The van der Waals surface area contributed by atoms with Gasteiger partial charge < -0.3 is 19.8 Å². The number of hydrogen-bond donors (Lipinski definition) is 2. The molecule has 2 N–H and O–H groups in total. The van der Waals surface area contributed by atoms with E-state index < -0.39 is 0 Å². The van der Waals surface area contributed by atoms with Gasteiger partial charge in [0, 0.05) is 13.1 Å². The van der Waals surface area contributed by atoms with Crippen LogP contribution in [0.15, 0.2) is 0 Å². The summed E-state index contributed by atoms with van der Waals surface area (Å²) >= 11 is 0. The molecule has 4 fully saturated rings. The highest BCUT2D eigenvalue weighted by Crippen LogP contribution is 2.69. The number of amides is 1. The fourth-order valence-electron chi connectivity index (χ4n) is 10.3. The van der Waals surface area contributed by atoms with E-state index in [1.54, 1.807) is 4.90 Å². The second-order valence-electron chi connectivity index (χ2n) is 13.5. The van der Waals surface area contributed by atoms with Crippen LogP contribution in [0.3, 0.4) is 0 Å². The summed E-state index contributed by atoms with van der Waals surface area (Å²) in [5.74, 6) is 3.70. The third-order valence-corrected chi connectivity index (χ3v) is 12.2. The van der Waals surface area contributed by atoms with E-state index >= 15 is 0 Å². The van der Waals surface area contributed by atoms with Crippen LogP contribution in [0.4, 0.5) is 4.79 Å². The number of nitrogens with zero attached hydrogens (tertiary/aromatic N) is 1. The number of aliphatic hydroxyl groups excluding tert-OH is 2. The average Bonchev–Trinajstić information content (AvgIpc) is 3.21. The Morgan fingerprint density at radius 3 is 2.31 bits per heavy atom. The summed E-state index contributed by atoms with van der Waals surface area (Å²) in [6, 6.07) is 0. The monoisotopic (exact) mass is 505 g/mol. The molecule has 36 heavy (non-hydrogen) atoms. The van der Waals surface area contributed by atoms with Gasteiger partial charge in [0.25, 0.3) is 0 Å². The molecular formula is C31H55NO4. The molecular weight excluding hydrogens is 450 g/mol.